The molecule has 164 valence electrons. The van der Waals surface area contributed by atoms with Crippen molar-refractivity contribution in [3.05, 3.63) is 128 Å². The summed E-state index contributed by atoms with van der Waals surface area (Å²) in [6.45, 7) is 0. The summed E-state index contributed by atoms with van der Waals surface area (Å²) in [5.74, 6) is 0. The lowest BCUT2D eigenvalue weighted by molar-refractivity contribution is 1.36. The van der Waals surface area contributed by atoms with Crippen LogP contribution in [0.1, 0.15) is 0 Å². The SMILES string of the molecule is c1ccc2cc(-c3c4ccccc4c(Sc4cccc5ccccc45)c4ccncc34)ccc2c1. The molecule has 0 bridgehead atoms. The summed E-state index contributed by atoms with van der Waals surface area (Å²) >= 11 is 1.85. The van der Waals surface area contributed by atoms with Gasteiger partial charge >= 0.3 is 0 Å². The highest BCUT2D eigenvalue weighted by Crippen LogP contribution is 2.46. The number of nitrogens with zero attached hydrogens (tertiary/aromatic N) is 1. The number of benzene rings is 6. The van der Waals surface area contributed by atoms with E-state index in [9.17, 15) is 0 Å². The molecule has 1 heterocycles. The fourth-order valence-electron chi connectivity index (χ4n) is 5.14. The molecule has 7 rings (SSSR count). The number of fused-ring (bicyclic) bond motifs is 4. The molecule has 1 aromatic heterocycles. The standard InChI is InChI=1S/C33H21NS/c1-2-10-24-20-25(17-16-22(24)8-1)32-27-13-5-6-14-28(27)33(29-18-19-34-21-30(29)32)35-31-15-7-11-23-9-3-4-12-26(23)31/h1-21H. The third-order valence-electron chi connectivity index (χ3n) is 6.78. The lowest BCUT2D eigenvalue weighted by atomic mass is 9.92. The molecule has 0 aliphatic heterocycles. The van der Waals surface area contributed by atoms with Crippen molar-refractivity contribution in [3.63, 3.8) is 0 Å². The normalized spacial score (nSPS) is 11.5. The molecule has 6 aromatic carbocycles. The second-order valence-electron chi connectivity index (χ2n) is 8.81. The van der Waals surface area contributed by atoms with E-state index in [-0.39, 0.29) is 0 Å². The van der Waals surface area contributed by atoms with Gasteiger partial charge in [-0.3, -0.25) is 4.98 Å². The Morgan fingerprint density at radius 1 is 0.486 bits per heavy atom. The first kappa shape index (κ1) is 20.3. The first-order chi connectivity index (χ1) is 17.4. The quantitative estimate of drug-likeness (QED) is 0.242. The minimum absolute atomic E-state index is 1.18. The van der Waals surface area contributed by atoms with Crippen LogP contribution in [0.25, 0.3) is 54.2 Å². The molecule has 0 saturated carbocycles. The highest BCUT2D eigenvalue weighted by atomic mass is 32.2. The average Bonchev–Trinajstić information content (AvgIpc) is 2.93. The summed E-state index contributed by atoms with van der Waals surface area (Å²) < 4.78 is 0. The summed E-state index contributed by atoms with van der Waals surface area (Å²) in [4.78, 5) is 7.10. The molecule has 0 amide bonds. The Bertz CT molecular complexity index is 1820. The maximum atomic E-state index is 4.56. The fraction of sp³-hybridized carbons (Fsp3) is 0. The third kappa shape index (κ3) is 3.38. The van der Waals surface area contributed by atoms with Crippen LogP contribution in [-0.2, 0) is 0 Å². The Morgan fingerprint density at radius 2 is 1.17 bits per heavy atom. The van der Waals surface area contributed by atoms with E-state index in [1.807, 2.05) is 24.2 Å². The zero-order valence-electron chi connectivity index (χ0n) is 19.0. The zero-order chi connectivity index (χ0) is 23.2. The van der Waals surface area contributed by atoms with Crippen LogP contribution < -0.4 is 0 Å². The minimum Gasteiger partial charge on any atom is -0.264 e. The largest absolute Gasteiger partial charge is 0.264 e. The lowest BCUT2D eigenvalue weighted by Crippen LogP contribution is -1.90. The summed E-state index contributed by atoms with van der Waals surface area (Å²) in [5, 5.41) is 10.00. The van der Waals surface area contributed by atoms with Crippen LogP contribution in [0, 0.1) is 0 Å². The number of aromatic nitrogens is 1. The van der Waals surface area contributed by atoms with Gasteiger partial charge in [0.2, 0.25) is 0 Å². The first-order valence-electron chi connectivity index (χ1n) is 11.8. The van der Waals surface area contributed by atoms with Crippen molar-refractivity contribution in [1.82, 2.24) is 4.98 Å². The molecule has 0 aliphatic rings. The van der Waals surface area contributed by atoms with E-state index in [0.717, 1.165) is 0 Å². The van der Waals surface area contributed by atoms with Crippen LogP contribution in [0.15, 0.2) is 137 Å². The zero-order valence-corrected chi connectivity index (χ0v) is 19.8. The first-order valence-corrected chi connectivity index (χ1v) is 12.6. The molecule has 2 heteroatoms. The second-order valence-corrected chi connectivity index (χ2v) is 9.86. The van der Waals surface area contributed by atoms with Crippen molar-refractivity contribution in [2.24, 2.45) is 0 Å². The molecule has 0 atom stereocenters. The minimum atomic E-state index is 1.18. The van der Waals surface area contributed by atoms with Crippen molar-refractivity contribution in [3.8, 4) is 11.1 Å². The van der Waals surface area contributed by atoms with Crippen molar-refractivity contribution in [2.75, 3.05) is 0 Å². The Morgan fingerprint density at radius 3 is 2.06 bits per heavy atom. The van der Waals surface area contributed by atoms with Crippen LogP contribution in [0.3, 0.4) is 0 Å². The average molecular weight is 464 g/mol. The summed E-state index contributed by atoms with van der Waals surface area (Å²) in [7, 11) is 0. The molecule has 7 aromatic rings. The molecule has 0 aliphatic carbocycles. The van der Waals surface area contributed by atoms with Gasteiger partial charge < -0.3 is 0 Å². The maximum Gasteiger partial charge on any atom is 0.0353 e. The fourth-order valence-corrected chi connectivity index (χ4v) is 6.38. The molecule has 1 nitrogen and oxygen atoms in total. The van der Waals surface area contributed by atoms with Gasteiger partial charge in [-0.05, 0) is 67.0 Å². The van der Waals surface area contributed by atoms with Crippen LogP contribution in [-0.4, -0.2) is 4.98 Å². The second kappa shape index (κ2) is 8.26. The Balaban J connectivity index is 1.54. The summed E-state index contributed by atoms with van der Waals surface area (Å²) in [6.07, 6.45) is 3.94. The lowest BCUT2D eigenvalue weighted by Gasteiger charge is -2.17. The van der Waals surface area contributed by atoms with E-state index in [1.165, 1.54) is 64.0 Å². The monoisotopic (exact) mass is 463 g/mol. The van der Waals surface area contributed by atoms with E-state index in [1.54, 1.807) is 0 Å². The van der Waals surface area contributed by atoms with E-state index in [0.29, 0.717) is 0 Å². The van der Waals surface area contributed by atoms with Gasteiger partial charge in [0.1, 0.15) is 0 Å². The van der Waals surface area contributed by atoms with Gasteiger partial charge in [0, 0.05) is 27.6 Å². The van der Waals surface area contributed by atoms with Gasteiger partial charge in [0.05, 0.1) is 0 Å². The molecule has 0 N–H and O–H groups in total. The summed E-state index contributed by atoms with van der Waals surface area (Å²) in [5.41, 5.74) is 2.47. The van der Waals surface area contributed by atoms with E-state index < -0.39 is 0 Å². The van der Waals surface area contributed by atoms with E-state index in [4.69, 9.17) is 0 Å². The predicted molar refractivity (Wildman–Crippen MR) is 150 cm³/mol. The van der Waals surface area contributed by atoms with Gasteiger partial charge in [0.15, 0.2) is 0 Å². The smallest absolute Gasteiger partial charge is 0.0353 e. The van der Waals surface area contributed by atoms with Crippen molar-refractivity contribution < 1.29 is 0 Å². The number of pyridine rings is 1. The Hall–Kier alpha value is -4.14. The topological polar surface area (TPSA) is 12.9 Å². The molecular formula is C33H21NS. The van der Waals surface area contributed by atoms with Crippen molar-refractivity contribution >= 4 is 54.9 Å². The van der Waals surface area contributed by atoms with Gasteiger partial charge in [-0.1, -0.05) is 109 Å². The molecule has 0 unspecified atom stereocenters. The predicted octanol–water partition coefficient (Wildman–Crippen LogP) is 9.51. The third-order valence-corrected chi connectivity index (χ3v) is 8.00. The van der Waals surface area contributed by atoms with Crippen molar-refractivity contribution in [1.29, 1.82) is 0 Å². The number of rotatable bonds is 3. The molecule has 0 fully saturated rings. The number of hydrogen-bond acceptors (Lipinski definition) is 2. The van der Waals surface area contributed by atoms with Crippen LogP contribution >= 0.6 is 11.8 Å². The molecule has 35 heavy (non-hydrogen) atoms. The van der Waals surface area contributed by atoms with Crippen LogP contribution in [0.2, 0.25) is 0 Å². The van der Waals surface area contributed by atoms with Gasteiger partial charge in [0.25, 0.3) is 0 Å². The van der Waals surface area contributed by atoms with Gasteiger partial charge in [-0.15, -0.1) is 0 Å². The van der Waals surface area contributed by atoms with Crippen LogP contribution in [0.4, 0.5) is 0 Å². The molecule has 0 radical (unpaired) electrons. The maximum absolute atomic E-state index is 4.56. The Kier molecular flexibility index (Phi) is 4.78. The number of hydrogen-bond donors (Lipinski definition) is 0. The molecule has 0 saturated heterocycles. The summed E-state index contributed by atoms with van der Waals surface area (Å²) in [6, 6.07) is 41.5. The highest BCUT2D eigenvalue weighted by Gasteiger charge is 2.17. The highest BCUT2D eigenvalue weighted by molar-refractivity contribution is 8.00. The van der Waals surface area contributed by atoms with Gasteiger partial charge in [-0.2, -0.15) is 0 Å². The molecule has 0 spiro atoms. The van der Waals surface area contributed by atoms with Crippen LogP contribution in [0.5, 0.6) is 0 Å². The molecular weight excluding hydrogens is 442 g/mol. The van der Waals surface area contributed by atoms with Crippen molar-refractivity contribution in [2.45, 2.75) is 9.79 Å². The van der Waals surface area contributed by atoms with E-state index >= 15 is 0 Å². The van der Waals surface area contributed by atoms with Gasteiger partial charge in [-0.25, -0.2) is 0 Å². The Labute approximate surface area is 208 Å². The van der Waals surface area contributed by atoms with E-state index in [2.05, 4.69) is 120 Å².